The Kier molecular flexibility index (Phi) is 5.98. The smallest absolute Gasteiger partial charge is 0.291 e. The average Bonchev–Trinajstić information content (AvgIpc) is 3.42. The van der Waals surface area contributed by atoms with Gasteiger partial charge in [-0.25, -0.2) is 0 Å². The Morgan fingerprint density at radius 2 is 1.77 bits per heavy atom. The van der Waals surface area contributed by atoms with Gasteiger partial charge < -0.3 is 20.0 Å². The number of nitrogens with one attached hydrogen (secondary N) is 3. The van der Waals surface area contributed by atoms with Crippen molar-refractivity contribution in [1.82, 2.24) is 15.6 Å². The minimum atomic E-state index is -0.477. The summed E-state index contributed by atoms with van der Waals surface area (Å²) in [5.41, 5.74) is 4.30. The first-order valence-electron chi connectivity index (χ1n) is 10.1. The molecule has 31 heavy (non-hydrogen) atoms. The summed E-state index contributed by atoms with van der Waals surface area (Å²) < 4.78 is 5.14. The van der Waals surface area contributed by atoms with Gasteiger partial charge in [0, 0.05) is 23.1 Å². The van der Waals surface area contributed by atoms with Crippen molar-refractivity contribution >= 4 is 28.8 Å². The Morgan fingerprint density at radius 1 is 1.00 bits per heavy atom. The van der Waals surface area contributed by atoms with Crippen LogP contribution < -0.4 is 10.6 Å². The van der Waals surface area contributed by atoms with E-state index in [2.05, 4.69) is 21.7 Å². The summed E-state index contributed by atoms with van der Waals surface area (Å²) in [5.74, 6) is -0.697. The Morgan fingerprint density at radius 3 is 2.55 bits per heavy atom. The number of hydrogen-bond donors (Lipinski definition) is 3. The van der Waals surface area contributed by atoms with Crippen LogP contribution in [0.1, 0.15) is 27.4 Å². The molecule has 0 atom stereocenters. The number of aryl methyl sites for hydroxylation is 1. The Labute approximate surface area is 180 Å². The summed E-state index contributed by atoms with van der Waals surface area (Å²) in [7, 11) is 0. The van der Waals surface area contributed by atoms with Gasteiger partial charge >= 0.3 is 0 Å². The fourth-order valence-electron chi connectivity index (χ4n) is 3.52. The topological polar surface area (TPSA) is 87.1 Å². The van der Waals surface area contributed by atoms with Crippen LogP contribution in [-0.4, -0.2) is 23.3 Å². The Hall–Kier alpha value is -4.06. The molecule has 0 saturated heterocycles. The predicted molar refractivity (Wildman–Crippen MR) is 120 cm³/mol. The van der Waals surface area contributed by atoms with Gasteiger partial charge in [0.15, 0.2) is 5.76 Å². The first kappa shape index (κ1) is 20.2. The molecule has 0 bridgehead atoms. The second kappa shape index (κ2) is 9.17. The van der Waals surface area contributed by atoms with Gasteiger partial charge in [-0.15, -0.1) is 0 Å². The molecular formula is C25H23N3O3. The molecule has 6 nitrogen and oxygen atoms in total. The van der Waals surface area contributed by atoms with E-state index in [1.807, 2.05) is 55.5 Å². The quantitative estimate of drug-likeness (QED) is 0.397. The number of aromatic nitrogens is 1. The number of carbonyl (C=O) groups is 2. The largest absolute Gasteiger partial charge is 0.459 e. The number of fused-ring (bicyclic) bond motifs is 1. The zero-order valence-electron chi connectivity index (χ0n) is 17.1. The number of aromatic amines is 1. The molecule has 2 aromatic carbocycles. The summed E-state index contributed by atoms with van der Waals surface area (Å²) >= 11 is 0. The van der Waals surface area contributed by atoms with Crippen LogP contribution in [0.2, 0.25) is 0 Å². The normalized spacial score (nSPS) is 11.5. The lowest BCUT2D eigenvalue weighted by molar-refractivity contribution is -0.117. The molecule has 0 aliphatic heterocycles. The highest BCUT2D eigenvalue weighted by Gasteiger charge is 2.16. The first-order chi connectivity index (χ1) is 15.1. The van der Waals surface area contributed by atoms with Crippen molar-refractivity contribution in [2.24, 2.45) is 0 Å². The van der Waals surface area contributed by atoms with E-state index in [0.29, 0.717) is 13.0 Å². The van der Waals surface area contributed by atoms with E-state index in [0.717, 1.165) is 22.2 Å². The van der Waals surface area contributed by atoms with E-state index < -0.39 is 5.91 Å². The molecule has 4 aromatic rings. The van der Waals surface area contributed by atoms with Gasteiger partial charge in [0.25, 0.3) is 11.8 Å². The zero-order chi connectivity index (χ0) is 21.6. The van der Waals surface area contributed by atoms with Crippen LogP contribution >= 0.6 is 0 Å². The molecule has 6 heteroatoms. The molecule has 2 aromatic heterocycles. The molecule has 0 saturated carbocycles. The minimum absolute atomic E-state index is 0.140. The lowest BCUT2D eigenvalue weighted by Crippen LogP contribution is -2.35. The van der Waals surface area contributed by atoms with Crippen LogP contribution in [0.3, 0.4) is 0 Å². The van der Waals surface area contributed by atoms with Gasteiger partial charge in [0.1, 0.15) is 5.70 Å². The number of hydrogen-bond acceptors (Lipinski definition) is 3. The molecule has 2 heterocycles. The zero-order valence-corrected chi connectivity index (χ0v) is 17.1. The molecule has 3 N–H and O–H groups in total. The van der Waals surface area contributed by atoms with Gasteiger partial charge in [-0.3, -0.25) is 9.59 Å². The number of para-hydroxylation sites is 1. The Balaban J connectivity index is 1.48. The summed E-state index contributed by atoms with van der Waals surface area (Å²) in [6, 6.07) is 20.6. The number of carbonyl (C=O) groups excluding carboxylic acids is 2. The highest BCUT2D eigenvalue weighted by Crippen LogP contribution is 2.22. The summed E-state index contributed by atoms with van der Waals surface area (Å²) in [4.78, 5) is 28.7. The Bertz CT molecular complexity index is 1220. The van der Waals surface area contributed by atoms with E-state index in [9.17, 15) is 9.59 Å². The summed E-state index contributed by atoms with van der Waals surface area (Å²) in [5, 5.41) is 6.73. The van der Waals surface area contributed by atoms with E-state index in [1.54, 1.807) is 18.2 Å². The number of furan rings is 1. The third-order valence-electron chi connectivity index (χ3n) is 5.04. The third kappa shape index (κ3) is 4.75. The molecule has 156 valence electrons. The lowest BCUT2D eigenvalue weighted by atomic mass is 10.1. The number of amides is 2. The van der Waals surface area contributed by atoms with E-state index in [1.165, 1.54) is 11.8 Å². The maximum atomic E-state index is 12.9. The lowest BCUT2D eigenvalue weighted by Gasteiger charge is -2.11. The van der Waals surface area contributed by atoms with E-state index in [-0.39, 0.29) is 17.4 Å². The molecule has 0 spiro atoms. The second-order valence-corrected chi connectivity index (χ2v) is 7.18. The predicted octanol–water partition coefficient (Wildman–Crippen LogP) is 4.20. The van der Waals surface area contributed by atoms with Crippen LogP contribution in [0.15, 0.2) is 83.1 Å². The van der Waals surface area contributed by atoms with Crippen molar-refractivity contribution in [3.05, 3.63) is 101 Å². The van der Waals surface area contributed by atoms with Crippen molar-refractivity contribution in [2.75, 3.05) is 6.54 Å². The maximum Gasteiger partial charge on any atom is 0.291 e. The van der Waals surface area contributed by atoms with E-state index >= 15 is 0 Å². The number of benzene rings is 2. The summed E-state index contributed by atoms with van der Waals surface area (Å²) in [6.45, 7) is 2.46. The van der Waals surface area contributed by atoms with Crippen LogP contribution in [-0.2, 0) is 11.2 Å². The molecule has 4 rings (SSSR count). The molecule has 0 radical (unpaired) electrons. The van der Waals surface area contributed by atoms with Crippen molar-refractivity contribution in [3.63, 3.8) is 0 Å². The van der Waals surface area contributed by atoms with Crippen molar-refractivity contribution < 1.29 is 14.0 Å². The van der Waals surface area contributed by atoms with Gasteiger partial charge in [0.2, 0.25) is 0 Å². The van der Waals surface area contributed by atoms with Crippen molar-refractivity contribution in [2.45, 2.75) is 13.3 Å². The van der Waals surface area contributed by atoms with Gasteiger partial charge in [-0.1, -0.05) is 48.5 Å². The first-order valence-corrected chi connectivity index (χ1v) is 10.1. The van der Waals surface area contributed by atoms with Gasteiger partial charge in [-0.2, -0.15) is 0 Å². The standard InChI is InChI=1S/C25H23N3O3/c1-17-19(20-10-5-6-11-21(20)27-17)13-14-26-24(29)22(16-18-8-3-2-4-9-18)28-25(30)23-12-7-15-31-23/h2-12,15-16,27H,13-14H2,1H3,(H,26,29)(H,28,30)/b22-16-. The van der Waals surface area contributed by atoms with Crippen molar-refractivity contribution in [1.29, 1.82) is 0 Å². The fourth-order valence-corrected chi connectivity index (χ4v) is 3.52. The highest BCUT2D eigenvalue weighted by atomic mass is 16.3. The number of H-pyrrole nitrogens is 1. The van der Waals surface area contributed by atoms with Gasteiger partial charge in [-0.05, 0) is 48.7 Å². The number of rotatable bonds is 7. The van der Waals surface area contributed by atoms with Crippen LogP contribution in [0, 0.1) is 6.92 Å². The van der Waals surface area contributed by atoms with Crippen LogP contribution in [0.5, 0.6) is 0 Å². The third-order valence-corrected chi connectivity index (χ3v) is 5.04. The van der Waals surface area contributed by atoms with E-state index in [4.69, 9.17) is 4.42 Å². The summed E-state index contributed by atoms with van der Waals surface area (Å²) in [6.07, 6.45) is 3.73. The highest BCUT2D eigenvalue weighted by molar-refractivity contribution is 6.04. The SMILES string of the molecule is Cc1[nH]c2ccccc2c1CCNC(=O)/C(=C/c1ccccc1)NC(=O)c1ccco1. The fraction of sp³-hybridized carbons (Fsp3) is 0.120. The van der Waals surface area contributed by atoms with Crippen LogP contribution in [0.25, 0.3) is 17.0 Å². The maximum absolute atomic E-state index is 12.9. The van der Waals surface area contributed by atoms with Crippen LogP contribution in [0.4, 0.5) is 0 Å². The molecule has 0 unspecified atom stereocenters. The molecule has 0 aliphatic rings. The monoisotopic (exact) mass is 413 g/mol. The molecule has 0 aliphatic carbocycles. The molecule has 0 fully saturated rings. The molecule has 2 amide bonds. The second-order valence-electron chi connectivity index (χ2n) is 7.18. The van der Waals surface area contributed by atoms with Crippen molar-refractivity contribution in [3.8, 4) is 0 Å². The molecular weight excluding hydrogens is 390 g/mol. The minimum Gasteiger partial charge on any atom is -0.459 e. The average molecular weight is 413 g/mol. The van der Waals surface area contributed by atoms with Gasteiger partial charge in [0.05, 0.1) is 6.26 Å².